The van der Waals surface area contributed by atoms with Crippen LogP contribution in [0.1, 0.15) is 316 Å². The summed E-state index contributed by atoms with van der Waals surface area (Å²) in [7, 11) is 1.48. The van der Waals surface area contributed by atoms with Gasteiger partial charge in [0.1, 0.15) is 19.3 Å². The molecule has 3 atom stereocenters. The summed E-state index contributed by atoms with van der Waals surface area (Å²) < 4.78 is 30.8. The van der Waals surface area contributed by atoms with Crippen LogP contribution in [-0.4, -0.2) is 74.3 Å². The maximum absolute atomic E-state index is 13.6. The number of phosphoric ester groups is 1. The Morgan fingerprint density at radius 1 is 0.424 bits per heavy atom. The molecule has 0 aromatic rings. The van der Waals surface area contributed by atoms with Crippen molar-refractivity contribution in [2.24, 2.45) is 0 Å². The summed E-state index contributed by atoms with van der Waals surface area (Å²) in [5.41, 5.74) is 0. The van der Waals surface area contributed by atoms with Crippen LogP contribution in [0.2, 0.25) is 0 Å². The normalized spacial score (nSPS) is 14.1. The van der Waals surface area contributed by atoms with Crippen molar-refractivity contribution in [2.75, 3.05) is 40.9 Å². The first-order valence-electron chi connectivity index (χ1n) is 35.6. The zero-order valence-electron chi connectivity index (χ0n) is 56.3. The molecule has 0 aliphatic rings. The van der Waals surface area contributed by atoms with Gasteiger partial charge in [-0.15, -0.1) is 0 Å². The minimum Gasteiger partial charge on any atom is -0.456 e. The van der Waals surface area contributed by atoms with Crippen LogP contribution >= 0.6 is 7.82 Å². The molecule has 492 valence electrons. The van der Waals surface area contributed by atoms with Gasteiger partial charge in [0.25, 0.3) is 0 Å². The van der Waals surface area contributed by atoms with Crippen molar-refractivity contribution in [3.05, 3.63) is 97.2 Å². The molecular formula is C75H136N2O7P+. The van der Waals surface area contributed by atoms with Gasteiger partial charge >= 0.3 is 13.8 Å². The van der Waals surface area contributed by atoms with Crippen LogP contribution in [0, 0.1) is 0 Å². The number of ether oxygens (including phenoxy) is 1. The number of allylic oxidation sites excluding steroid dienone is 15. The Morgan fingerprint density at radius 2 is 0.753 bits per heavy atom. The Balaban J connectivity index is 5.07. The van der Waals surface area contributed by atoms with E-state index < -0.39 is 20.0 Å². The Hall–Kier alpha value is -3.07. The highest BCUT2D eigenvalue weighted by Gasteiger charge is 2.30. The number of nitrogens with zero attached hydrogens (tertiary/aromatic N) is 1. The Morgan fingerprint density at radius 3 is 1.14 bits per heavy atom. The van der Waals surface area contributed by atoms with E-state index in [1.54, 1.807) is 0 Å². The molecule has 0 saturated carbocycles. The minimum absolute atomic E-state index is 0.0336. The second-order valence-corrected chi connectivity index (χ2v) is 26.5. The molecule has 0 rings (SSSR count). The number of amides is 1. The summed E-state index contributed by atoms with van der Waals surface area (Å²) >= 11 is 0. The van der Waals surface area contributed by atoms with Gasteiger partial charge in [0, 0.05) is 12.8 Å². The lowest BCUT2D eigenvalue weighted by molar-refractivity contribution is -0.870. The van der Waals surface area contributed by atoms with E-state index in [0.717, 1.165) is 122 Å². The first kappa shape index (κ1) is 81.9. The van der Waals surface area contributed by atoms with Gasteiger partial charge in [-0.05, 0) is 109 Å². The summed E-state index contributed by atoms with van der Waals surface area (Å²) in [6.45, 7) is 6.90. The van der Waals surface area contributed by atoms with Crippen molar-refractivity contribution >= 4 is 19.7 Å². The van der Waals surface area contributed by atoms with Crippen LogP contribution < -0.4 is 5.32 Å². The lowest BCUT2D eigenvalue weighted by Gasteiger charge is -2.27. The third-order valence-corrected chi connectivity index (χ3v) is 16.5. The van der Waals surface area contributed by atoms with Crippen LogP contribution in [0.25, 0.3) is 0 Å². The standard InChI is InChI=1S/C75H135N2O7P/c1-7-10-13-16-19-22-25-27-29-31-33-35-37-38-40-41-43-45-47-49-52-55-58-61-64-67-74(78)76-72(71-83-85(80,81)82-70-69-77(4,5)6)73(66-63-60-57-54-51-24-21-18-15-12-9-3)84-75(79)68-65-62-59-56-53-50-48-46-44-42-39-36-34-32-30-28-26-23-20-17-14-11-8-2/h10,13,19,22,27-30,33,35,38,40,43,45,63,66,72-73H,7-9,11-12,14-18,20-21,23-26,31-32,34,36-37,39,41-42,44,46-62,64-65,67-71H2,1-6H3,(H-,76,78,80,81)/p+1/b13-10-,22-19-,29-27-,30-28+,35-33-,40-38-,45-43-,66-63+. The maximum atomic E-state index is 13.6. The summed E-state index contributed by atoms with van der Waals surface area (Å²) in [6, 6.07) is -0.862. The lowest BCUT2D eigenvalue weighted by atomic mass is 10.0. The van der Waals surface area contributed by atoms with E-state index in [2.05, 4.69) is 111 Å². The lowest BCUT2D eigenvalue weighted by Crippen LogP contribution is -2.47. The molecule has 2 N–H and O–H groups in total. The Labute approximate surface area is 526 Å². The van der Waals surface area contributed by atoms with Crippen LogP contribution in [0.4, 0.5) is 0 Å². The fraction of sp³-hybridized carbons (Fsp3) is 0.760. The zero-order valence-corrected chi connectivity index (χ0v) is 57.2. The molecule has 10 heteroatoms. The molecule has 0 bridgehead atoms. The number of carbonyl (C=O) groups excluding carboxylic acids is 2. The highest BCUT2D eigenvalue weighted by molar-refractivity contribution is 7.47. The molecule has 0 fully saturated rings. The minimum atomic E-state index is -4.46. The Kier molecular flexibility index (Phi) is 61.6. The van der Waals surface area contributed by atoms with E-state index in [9.17, 15) is 19.0 Å². The molecular weight excluding hydrogens is 1070 g/mol. The largest absolute Gasteiger partial charge is 0.472 e. The van der Waals surface area contributed by atoms with Gasteiger partial charge in [-0.3, -0.25) is 18.6 Å². The summed E-state index contributed by atoms with van der Waals surface area (Å²) in [5, 5.41) is 3.06. The average Bonchev–Trinajstić information content (AvgIpc) is 3.64. The molecule has 0 heterocycles. The number of esters is 1. The van der Waals surface area contributed by atoms with Crippen molar-refractivity contribution in [1.82, 2.24) is 5.32 Å². The zero-order chi connectivity index (χ0) is 62.1. The predicted molar refractivity (Wildman–Crippen MR) is 369 cm³/mol. The second-order valence-electron chi connectivity index (χ2n) is 25.0. The van der Waals surface area contributed by atoms with Crippen molar-refractivity contribution in [1.29, 1.82) is 0 Å². The molecule has 3 unspecified atom stereocenters. The first-order valence-corrected chi connectivity index (χ1v) is 37.1. The van der Waals surface area contributed by atoms with Gasteiger partial charge in [0.15, 0.2) is 0 Å². The predicted octanol–water partition coefficient (Wildman–Crippen LogP) is 22.7. The van der Waals surface area contributed by atoms with Crippen molar-refractivity contribution in [3.63, 3.8) is 0 Å². The van der Waals surface area contributed by atoms with Crippen LogP contribution in [0.5, 0.6) is 0 Å². The van der Waals surface area contributed by atoms with Crippen LogP contribution in [0.3, 0.4) is 0 Å². The molecule has 85 heavy (non-hydrogen) atoms. The number of rotatable bonds is 64. The molecule has 1 amide bonds. The second kappa shape index (κ2) is 63.9. The summed E-state index contributed by atoms with van der Waals surface area (Å²) in [5.74, 6) is -0.518. The van der Waals surface area contributed by atoms with E-state index in [0.29, 0.717) is 17.4 Å². The highest BCUT2D eigenvalue weighted by atomic mass is 31.2. The average molecular weight is 1210 g/mol. The molecule has 0 aromatic heterocycles. The van der Waals surface area contributed by atoms with E-state index in [1.165, 1.54) is 161 Å². The van der Waals surface area contributed by atoms with Gasteiger partial charge in [-0.2, -0.15) is 0 Å². The number of carbonyl (C=O) groups is 2. The van der Waals surface area contributed by atoms with E-state index in [4.69, 9.17) is 13.8 Å². The van der Waals surface area contributed by atoms with Crippen molar-refractivity contribution in [3.8, 4) is 0 Å². The van der Waals surface area contributed by atoms with Gasteiger partial charge in [-0.25, -0.2) is 4.57 Å². The van der Waals surface area contributed by atoms with Gasteiger partial charge in [0.2, 0.25) is 5.91 Å². The SMILES string of the molecule is CC/C=C\C/C=C\C/C=C\C/C=C\C/C=C\C/C=C\CCCCCCCCC(=O)NC(COP(=O)(O)OCC[N+](C)(C)C)C(/C=C/CCCCCCCCCCC)OC(=O)CCCCCCCCCCCCCCC/C=C/CCCCCCCC. The highest BCUT2D eigenvalue weighted by Crippen LogP contribution is 2.43. The monoisotopic (exact) mass is 1210 g/mol. The topological polar surface area (TPSA) is 111 Å². The van der Waals surface area contributed by atoms with Crippen molar-refractivity contribution in [2.45, 2.75) is 328 Å². The molecule has 9 nitrogen and oxygen atoms in total. The molecule has 0 aliphatic carbocycles. The number of hydrogen-bond donors (Lipinski definition) is 2. The number of unbranched alkanes of at least 4 members (excludes halogenated alkanes) is 34. The van der Waals surface area contributed by atoms with Crippen LogP contribution in [0.15, 0.2) is 97.2 Å². The number of nitrogens with one attached hydrogen (secondary N) is 1. The number of phosphoric acid groups is 1. The molecule has 0 spiro atoms. The number of hydrogen-bond acceptors (Lipinski definition) is 6. The fourth-order valence-electron chi connectivity index (χ4n) is 10.1. The van der Waals surface area contributed by atoms with Crippen molar-refractivity contribution < 1.29 is 37.3 Å². The first-order chi connectivity index (χ1) is 41.4. The van der Waals surface area contributed by atoms with E-state index in [1.807, 2.05) is 33.3 Å². The van der Waals surface area contributed by atoms with Gasteiger partial charge < -0.3 is 19.4 Å². The summed E-state index contributed by atoms with van der Waals surface area (Å²) in [4.78, 5) is 37.9. The maximum Gasteiger partial charge on any atom is 0.472 e. The Bertz CT molecular complexity index is 1780. The molecule has 0 radical (unpaired) electrons. The van der Waals surface area contributed by atoms with Crippen LogP contribution in [-0.2, 0) is 27.9 Å². The van der Waals surface area contributed by atoms with E-state index in [-0.39, 0.29) is 31.5 Å². The molecule has 0 aliphatic heterocycles. The fourth-order valence-corrected chi connectivity index (χ4v) is 10.8. The van der Waals surface area contributed by atoms with Gasteiger partial charge in [-0.1, -0.05) is 292 Å². The smallest absolute Gasteiger partial charge is 0.456 e. The van der Waals surface area contributed by atoms with E-state index >= 15 is 0 Å². The number of quaternary nitrogens is 1. The number of likely N-dealkylation sites (N-methyl/N-ethyl adjacent to an activating group) is 1. The summed E-state index contributed by atoms with van der Waals surface area (Å²) in [6.07, 6.45) is 87.1. The third kappa shape index (κ3) is 65.2. The third-order valence-electron chi connectivity index (χ3n) is 15.5. The van der Waals surface area contributed by atoms with Gasteiger partial charge in [0.05, 0.1) is 33.8 Å². The quantitative estimate of drug-likeness (QED) is 0.0205. The molecule has 0 saturated heterocycles. The molecule has 0 aromatic carbocycles.